The summed E-state index contributed by atoms with van der Waals surface area (Å²) < 4.78 is 30.7. The van der Waals surface area contributed by atoms with Crippen LogP contribution in [0.3, 0.4) is 0 Å². The van der Waals surface area contributed by atoms with Gasteiger partial charge in [-0.3, -0.25) is 0 Å². The molecule has 1 N–H and O–H groups in total. The number of ether oxygens (including phenoxy) is 1. The van der Waals surface area contributed by atoms with Gasteiger partial charge in [-0.25, -0.2) is 8.42 Å². The molecule has 0 aliphatic heterocycles. The Morgan fingerprint density at radius 1 is 1.00 bits per heavy atom. The fourth-order valence-corrected chi connectivity index (χ4v) is 4.16. The minimum absolute atomic E-state index is 0.0327. The topological polar surface area (TPSA) is 63.6 Å². The normalized spacial score (nSPS) is 15.6. The van der Waals surface area contributed by atoms with Crippen molar-refractivity contribution < 1.29 is 18.3 Å². The Balaban J connectivity index is 2.16. The summed E-state index contributed by atoms with van der Waals surface area (Å²) in [5.41, 5.74) is 1.56. The second-order valence-corrected chi connectivity index (χ2v) is 8.19. The van der Waals surface area contributed by atoms with Gasteiger partial charge in [-0.2, -0.15) is 0 Å². The van der Waals surface area contributed by atoms with Crippen molar-refractivity contribution in [3.63, 3.8) is 0 Å². The highest BCUT2D eigenvalue weighted by Crippen LogP contribution is 2.29. The van der Waals surface area contributed by atoms with E-state index in [9.17, 15) is 13.5 Å². The molecule has 0 unspecified atom stereocenters. The lowest BCUT2D eigenvalue weighted by Crippen LogP contribution is -2.37. The average molecular weight is 348 g/mol. The summed E-state index contributed by atoms with van der Waals surface area (Å²) in [7, 11) is -3.47. The molecule has 2 rings (SSSR count). The lowest BCUT2D eigenvalue weighted by atomic mass is 10.0. The molecule has 0 radical (unpaired) electrons. The summed E-state index contributed by atoms with van der Waals surface area (Å²) in [4.78, 5) is 0. The molecule has 0 aliphatic rings. The van der Waals surface area contributed by atoms with Gasteiger partial charge in [0.25, 0.3) is 0 Å². The maximum atomic E-state index is 12.5. The second kappa shape index (κ2) is 8.42. The number of rotatable bonds is 8. The third kappa shape index (κ3) is 4.66. The fourth-order valence-electron chi connectivity index (χ4n) is 2.59. The van der Waals surface area contributed by atoms with Crippen LogP contribution >= 0.6 is 0 Å². The zero-order chi connectivity index (χ0) is 17.6. The van der Waals surface area contributed by atoms with E-state index in [1.807, 2.05) is 36.4 Å². The van der Waals surface area contributed by atoms with Crippen LogP contribution in [-0.4, -0.2) is 31.5 Å². The van der Waals surface area contributed by atoms with Crippen LogP contribution in [0.25, 0.3) is 0 Å². The van der Waals surface area contributed by atoms with Crippen LogP contribution in [0.15, 0.2) is 60.7 Å². The van der Waals surface area contributed by atoms with Gasteiger partial charge in [0.05, 0.1) is 12.7 Å². The van der Waals surface area contributed by atoms with Crippen molar-refractivity contribution in [2.75, 3.05) is 5.75 Å². The molecule has 130 valence electrons. The molecule has 0 saturated carbocycles. The standard InChI is InChI=1S/C19H24O4S/c1-3-24(21,22)19(17-12-8-5-9-13-17)18(20)15(2)23-14-16-10-6-4-7-11-16/h4-13,15,18-20H,3,14H2,1-2H3/t15-,18+,19-/m0/s1. The molecule has 0 spiro atoms. The summed E-state index contributed by atoms with van der Waals surface area (Å²) in [6.07, 6.45) is -1.75. The quantitative estimate of drug-likeness (QED) is 0.796. The van der Waals surface area contributed by atoms with Gasteiger partial charge in [0.15, 0.2) is 9.84 Å². The highest BCUT2D eigenvalue weighted by atomic mass is 32.2. The summed E-state index contributed by atoms with van der Waals surface area (Å²) in [6, 6.07) is 18.4. The highest BCUT2D eigenvalue weighted by Gasteiger charge is 2.36. The van der Waals surface area contributed by atoms with Crippen LogP contribution < -0.4 is 0 Å². The number of benzene rings is 2. The molecule has 0 heterocycles. The van der Waals surface area contributed by atoms with Crippen molar-refractivity contribution in [3.8, 4) is 0 Å². The Morgan fingerprint density at radius 3 is 2.08 bits per heavy atom. The molecule has 5 heteroatoms. The van der Waals surface area contributed by atoms with E-state index >= 15 is 0 Å². The summed E-state index contributed by atoms with van der Waals surface area (Å²) in [5.74, 6) is -0.0327. The molecule has 0 amide bonds. The molecule has 24 heavy (non-hydrogen) atoms. The molecule has 0 fully saturated rings. The van der Waals surface area contributed by atoms with Gasteiger partial charge < -0.3 is 9.84 Å². The SMILES string of the molecule is CCS(=O)(=O)[C@@H](c1ccccc1)[C@H](O)[C@H](C)OCc1ccccc1. The van der Waals surface area contributed by atoms with Gasteiger partial charge >= 0.3 is 0 Å². The smallest absolute Gasteiger partial charge is 0.159 e. The number of sulfone groups is 1. The van der Waals surface area contributed by atoms with Crippen LogP contribution in [0.1, 0.15) is 30.2 Å². The van der Waals surface area contributed by atoms with Crippen LogP contribution in [0.5, 0.6) is 0 Å². The first-order valence-corrected chi connectivity index (χ1v) is 9.77. The first kappa shape index (κ1) is 18.6. The third-order valence-corrected chi connectivity index (χ3v) is 6.19. The molecule has 2 aromatic rings. The van der Waals surface area contributed by atoms with Crippen LogP contribution in [0.4, 0.5) is 0 Å². The van der Waals surface area contributed by atoms with Crippen molar-refractivity contribution in [2.24, 2.45) is 0 Å². The van der Waals surface area contributed by atoms with Gasteiger partial charge in [-0.15, -0.1) is 0 Å². The predicted octanol–water partition coefficient (Wildman–Crippen LogP) is 3.13. The van der Waals surface area contributed by atoms with E-state index in [-0.39, 0.29) is 5.75 Å². The van der Waals surface area contributed by atoms with Crippen molar-refractivity contribution >= 4 is 9.84 Å². The van der Waals surface area contributed by atoms with Crippen molar-refractivity contribution in [3.05, 3.63) is 71.8 Å². The first-order valence-electron chi connectivity index (χ1n) is 8.06. The first-order chi connectivity index (χ1) is 11.5. The summed E-state index contributed by atoms with van der Waals surface area (Å²) >= 11 is 0. The lowest BCUT2D eigenvalue weighted by Gasteiger charge is -2.27. The van der Waals surface area contributed by atoms with E-state index in [2.05, 4.69) is 0 Å². The average Bonchev–Trinajstić information content (AvgIpc) is 2.61. The van der Waals surface area contributed by atoms with Crippen LogP contribution in [-0.2, 0) is 21.2 Å². The Labute approximate surface area is 144 Å². The van der Waals surface area contributed by atoms with E-state index in [1.54, 1.807) is 38.1 Å². The van der Waals surface area contributed by atoms with E-state index in [0.717, 1.165) is 5.56 Å². The largest absolute Gasteiger partial charge is 0.389 e. The van der Waals surface area contributed by atoms with Crippen molar-refractivity contribution in [1.82, 2.24) is 0 Å². The van der Waals surface area contributed by atoms with Crippen LogP contribution in [0.2, 0.25) is 0 Å². The van der Waals surface area contributed by atoms with Gasteiger partial charge in [-0.1, -0.05) is 67.6 Å². The van der Waals surface area contributed by atoms with E-state index in [4.69, 9.17) is 4.74 Å². The summed E-state index contributed by atoms with van der Waals surface area (Å²) in [6.45, 7) is 3.62. The Bertz CT molecular complexity index is 714. The van der Waals surface area contributed by atoms with E-state index in [0.29, 0.717) is 12.2 Å². The van der Waals surface area contributed by atoms with Crippen LogP contribution in [0, 0.1) is 0 Å². The molecular formula is C19H24O4S. The highest BCUT2D eigenvalue weighted by molar-refractivity contribution is 7.91. The van der Waals surface area contributed by atoms with E-state index in [1.165, 1.54) is 0 Å². The van der Waals surface area contributed by atoms with Crippen molar-refractivity contribution in [1.29, 1.82) is 0 Å². The summed E-state index contributed by atoms with van der Waals surface area (Å²) in [5, 5.41) is 9.68. The molecule has 3 atom stereocenters. The Hall–Kier alpha value is -1.69. The number of hydrogen-bond acceptors (Lipinski definition) is 4. The van der Waals surface area contributed by atoms with Crippen molar-refractivity contribution in [2.45, 2.75) is 37.9 Å². The maximum absolute atomic E-state index is 12.5. The van der Waals surface area contributed by atoms with Gasteiger partial charge in [0.1, 0.15) is 11.4 Å². The monoisotopic (exact) mass is 348 g/mol. The Morgan fingerprint density at radius 2 is 1.54 bits per heavy atom. The maximum Gasteiger partial charge on any atom is 0.159 e. The zero-order valence-corrected chi connectivity index (χ0v) is 14.8. The molecule has 0 aromatic heterocycles. The molecular weight excluding hydrogens is 324 g/mol. The number of aliphatic hydroxyl groups is 1. The third-order valence-electron chi connectivity index (χ3n) is 4.06. The fraction of sp³-hybridized carbons (Fsp3) is 0.368. The zero-order valence-electron chi connectivity index (χ0n) is 14.0. The van der Waals surface area contributed by atoms with Gasteiger partial charge in [0, 0.05) is 5.75 Å². The molecule has 0 bridgehead atoms. The van der Waals surface area contributed by atoms with Gasteiger partial charge in [-0.05, 0) is 18.1 Å². The minimum atomic E-state index is -3.47. The Kier molecular flexibility index (Phi) is 6.54. The molecule has 0 saturated heterocycles. The lowest BCUT2D eigenvalue weighted by molar-refractivity contribution is -0.0366. The van der Waals surface area contributed by atoms with E-state index < -0.39 is 27.3 Å². The minimum Gasteiger partial charge on any atom is -0.389 e. The molecule has 4 nitrogen and oxygen atoms in total. The second-order valence-electron chi connectivity index (χ2n) is 5.78. The van der Waals surface area contributed by atoms with Gasteiger partial charge in [0.2, 0.25) is 0 Å². The predicted molar refractivity (Wildman–Crippen MR) is 95.3 cm³/mol. The number of aliphatic hydroxyl groups excluding tert-OH is 1. The number of hydrogen-bond donors (Lipinski definition) is 1. The molecule has 2 aromatic carbocycles. The molecule has 0 aliphatic carbocycles.